The SMILES string of the molecule is Cc1nc(CS(C)(=O)=O)sc1-c1nnc(N)s1. The lowest BCUT2D eigenvalue weighted by Crippen LogP contribution is -1.99. The third-order valence-corrected chi connectivity index (χ3v) is 4.91. The molecule has 0 unspecified atom stereocenters. The molecule has 2 N–H and O–H groups in total. The Morgan fingerprint density at radius 3 is 2.53 bits per heavy atom. The predicted octanol–water partition coefficient (Wildman–Crippen LogP) is 1.10. The van der Waals surface area contributed by atoms with Gasteiger partial charge in [0.05, 0.1) is 10.6 Å². The summed E-state index contributed by atoms with van der Waals surface area (Å²) in [5.41, 5.74) is 6.26. The number of nitrogens with zero attached hydrogens (tertiary/aromatic N) is 3. The normalized spacial score (nSPS) is 11.9. The van der Waals surface area contributed by atoms with E-state index in [1.807, 2.05) is 6.92 Å². The van der Waals surface area contributed by atoms with Gasteiger partial charge in [-0.05, 0) is 6.92 Å². The van der Waals surface area contributed by atoms with Crippen molar-refractivity contribution in [3.8, 4) is 9.88 Å². The Hall–Kier alpha value is -1.06. The lowest BCUT2D eigenvalue weighted by Gasteiger charge is -1.90. The van der Waals surface area contributed by atoms with Gasteiger partial charge >= 0.3 is 0 Å². The molecule has 92 valence electrons. The first-order valence-electron chi connectivity index (χ1n) is 4.58. The molecule has 0 bridgehead atoms. The van der Waals surface area contributed by atoms with Gasteiger partial charge in [-0.2, -0.15) is 0 Å². The van der Waals surface area contributed by atoms with E-state index in [0.717, 1.165) is 10.6 Å². The Morgan fingerprint density at radius 2 is 2.00 bits per heavy atom. The van der Waals surface area contributed by atoms with Crippen LogP contribution < -0.4 is 5.73 Å². The van der Waals surface area contributed by atoms with E-state index >= 15 is 0 Å². The number of aryl methyl sites for hydroxylation is 1. The van der Waals surface area contributed by atoms with Crippen LogP contribution in [0.3, 0.4) is 0 Å². The van der Waals surface area contributed by atoms with E-state index in [4.69, 9.17) is 5.73 Å². The lowest BCUT2D eigenvalue weighted by molar-refractivity contribution is 0.601. The molecule has 0 aliphatic carbocycles. The van der Waals surface area contributed by atoms with Crippen LogP contribution in [0.4, 0.5) is 5.13 Å². The smallest absolute Gasteiger partial charge is 0.203 e. The average molecular weight is 290 g/mol. The van der Waals surface area contributed by atoms with Gasteiger partial charge in [0, 0.05) is 6.26 Å². The molecule has 6 nitrogen and oxygen atoms in total. The summed E-state index contributed by atoms with van der Waals surface area (Å²) < 4.78 is 22.4. The van der Waals surface area contributed by atoms with Gasteiger partial charge in [0.1, 0.15) is 10.8 Å². The minimum atomic E-state index is -3.07. The van der Waals surface area contributed by atoms with Gasteiger partial charge in [0.15, 0.2) is 14.8 Å². The molecule has 2 heterocycles. The predicted molar refractivity (Wildman–Crippen MR) is 68.7 cm³/mol. The Bertz CT molecular complexity index is 644. The molecule has 2 aromatic heterocycles. The molecule has 0 amide bonds. The number of hydrogen-bond donors (Lipinski definition) is 1. The highest BCUT2D eigenvalue weighted by molar-refractivity contribution is 7.90. The van der Waals surface area contributed by atoms with Gasteiger partial charge < -0.3 is 5.73 Å². The summed E-state index contributed by atoms with van der Waals surface area (Å²) in [6.45, 7) is 1.81. The first-order chi connectivity index (χ1) is 7.85. The molecule has 2 rings (SSSR count). The number of nitrogen functional groups attached to an aromatic ring is 1. The Balaban J connectivity index is 2.37. The molecule has 0 aliphatic rings. The van der Waals surface area contributed by atoms with Gasteiger partial charge in [-0.3, -0.25) is 0 Å². The molecule has 0 saturated heterocycles. The van der Waals surface area contributed by atoms with Crippen LogP contribution in [0, 0.1) is 6.92 Å². The standard InChI is InChI=1S/C8H10N4O2S3/c1-4-6(7-11-12-8(9)16-7)15-5(10-4)3-17(2,13)14/h3H2,1-2H3,(H2,9,12). The number of thiazole rings is 1. The van der Waals surface area contributed by atoms with E-state index in [0.29, 0.717) is 15.1 Å². The Morgan fingerprint density at radius 1 is 1.29 bits per heavy atom. The number of nitrogens with two attached hydrogens (primary N) is 1. The number of aromatic nitrogens is 3. The van der Waals surface area contributed by atoms with Crippen LogP contribution in [0.5, 0.6) is 0 Å². The number of sulfone groups is 1. The van der Waals surface area contributed by atoms with Crippen LogP contribution in [-0.2, 0) is 15.6 Å². The summed E-state index contributed by atoms with van der Waals surface area (Å²) in [5, 5.41) is 9.27. The molecule has 0 aromatic carbocycles. The van der Waals surface area contributed by atoms with Crippen molar-refractivity contribution in [1.29, 1.82) is 0 Å². The maximum atomic E-state index is 11.2. The second-order valence-electron chi connectivity index (χ2n) is 3.54. The zero-order valence-corrected chi connectivity index (χ0v) is 11.6. The van der Waals surface area contributed by atoms with Gasteiger partial charge in [0.25, 0.3) is 0 Å². The molecular formula is C8H10N4O2S3. The molecule has 0 radical (unpaired) electrons. The highest BCUT2D eigenvalue weighted by Gasteiger charge is 2.16. The van der Waals surface area contributed by atoms with Crippen molar-refractivity contribution in [2.75, 3.05) is 12.0 Å². The van der Waals surface area contributed by atoms with Crippen LogP contribution >= 0.6 is 22.7 Å². The van der Waals surface area contributed by atoms with E-state index in [-0.39, 0.29) is 5.75 Å². The fourth-order valence-corrected chi connectivity index (χ4v) is 4.25. The summed E-state index contributed by atoms with van der Waals surface area (Å²) in [5.74, 6) is -0.0488. The monoisotopic (exact) mass is 290 g/mol. The lowest BCUT2D eigenvalue weighted by atomic mass is 10.4. The first kappa shape index (κ1) is 12.4. The van der Waals surface area contributed by atoms with Gasteiger partial charge in [-0.25, -0.2) is 13.4 Å². The molecule has 17 heavy (non-hydrogen) atoms. The zero-order chi connectivity index (χ0) is 12.6. The molecule has 9 heteroatoms. The topological polar surface area (TPSA) is 98.8 Å². The van der Waals surface area contributed by atoms with Crippen molar-refractivity contribution in [2.45, 2.75) is 12.7 Å². The summed E-state index contributed by atoms with van der Waals surface area (Å²) >= 11 is 2.58. The molecule has 0 atom stereocenters. The first-order valence-corrected chi connectivity index (χ1v) is 8.28. The molecule has 0 spiro atoms. The van der Waals surface area contributed by atoms with E-state index in [9.17, 15) is 8.42 Å². The van der Waals surface area contributed by atoms with Crippen molar-refractivity contribution in [3.05, 3.63) is 10.7 Å². The molecular weight excluding hydrogens is 280 g/mol. The largest absolute Gasteiger partial charge is 0.374 e. The Kier molecular flexibility index (Phi) is 3.15. The maximum Gasteiger partial charge on any atom is 0.203 e. The van der Waals surface area contributed by atoms with E-state index in [1.54, 1.807) is 0 Å². The third-order valence-electron chi connectivity index (χ3n) is 1.86. The van der Waals surface area contributed by atoms with Crippen LogP contribution in [0.1, 0.15) is 10.7 Å². The van der Waals surface area contributed by atoms with Crippen molar-refractivity contribution in [1.82, 2.24) is 15.2 Å². The fraction of sp³-hybridized carbons (Fsp3) is 0.375. The van der Waals surface area contributed by atoms with Gasteiger partial charge in [-0.1, -0.05) is 11.3 Å². The van der Waals surface area contributed by atoms with E-state index in [1.165, 1.54) is 28.9 Å². The van der Waals surface area contributed by atoms with Gasteiger partial charge in [0.2, 0.25) is 5.13 Å². The minimum Gasteiger partial charge on any atom is -0.374 e. The van der Waals surface area contributed by atoms with E-state index in [2.05, 4.69) is 15.2 Å². The van der Waals surface area contributed by atoms with Crippen LogP contribution in [-0.4, -0.2) is 29.9 Å². The summed E-state index contributed by atoms with van der Waals surface area (Å²) in [4.78, 5) is 5.05. The highest BCUT2D eigenvalue weighted by atomic mass is 32.2. The highest BCUT2D eigenvalue weighted by Crippen LogP contribution is 2.33. The summed E-state index contributed by atoms with van der Waals surface area (Å²) in [6.07, 6.45) is 1.19. The van der Waals surface area contributed by atoms with Crippen molar-refractivity contribution in [3.63, 3.8) is 0 Å². The van der Waals surface area contributed by atoms with Crippen LogP contribution in [0.25, 0.3) is 9.88 Å². The fourth-order valence-electron chi connectivity index (χ4n) is 1.26. The molecule has 0 fully saturated rings. The van der Waals surface area contributed by atoms with Gasteiger partial charge in [-0.15, -0.1) is 21.5 Å². The van der Waals surface area contributed by atoms with E-state index < -0.39 is 9.84 Å². The Labute approximate surface area is 106 Å². The number of rotatable bonds is 3. The van der Waals surface area contributed by atoms with Crippen LogP contribution in [0.2, 0.25) is 0 Å². The summed E-state index contributed by atoms with van der Waals surface area (Å²) in [6, 6.07) is 0. The molecule has 2 aromatic rings. The molecule has 0 saturated carbocycles. The van der Waals surface area contributed by atoms with Crippen molar-refractivity contribution < 1.29 is 8.42 Å². The van der Waals surface area contributed by atoms with Crippen molar-refractivity contribution in [2.24, 2.45) is 0 Å². The second-order valence-corrected chi connectivity index (χ2v) is 7.77. The maximum absolute atomic E-state index is 11.2. The van der Waals surface area contributed by atoms with Crippen LogP contribution in [0.15, 0.2) is 0 Å². The van der Waals surface area contributed by atoms with Crippen molar-refractivity contribution >= 4 is 37.6 Å². The average Bonchev–Trinajstić information content (AvgIpc) is 2.70. The minimum absolute atomic E-state index is 0.0488. The quantitative estimate of drug-likeness (QED) is 0.908. The zero-order valence-electron chi connectivity index (χ0n) is 9.17. The third kappa shape index (κ3) is 2.99. The molecule has 0 aliphatic heterocycles. The number of anilines is 1. The second kappa shape index (κ2) is 4.31. The number of hydrogen-bond acceptors (Lipinski definition) is 8. The summed E-state index contributed by atoms with van der Waals surface area (Å²) in [7, 11) is -3.07.